The Morgan fingerprint density at radius 3 is 2.62 bits per heavy atom. The molecule has 0 unspecified atom stereocenters. The summed E-state index contributed by atoms with van der Waals surface area (Å²) in [4.78, 5) is 11.3. The van der Waals surface area contributed by atoms with Crippen LogP contribution < -0.4 is 0 Å². The first-order chi connectivity index (χ1) is 6.27. The van der Waals surface area contributed by atoms with Crippen LogP contribution in [0.2, 0.25) is 0 Å². The van der Waals surface area contributed by atoms with Gasteiger partial charge in [0.05, 0.1) is 0 Å². The van der Waals surface area contributed by atoms with Crippen molar-refractivity contribution in [2.45, 2.75) is 45.4 Å². The minimum atomic E-state index is 0.439. The van der Waals surface area contributed by atoms with Crippen LogP contribution >= 0.6 is 22.6 Å². The molecule has 2 heteroatoms. The van der Waals surface area contributed by atoms with E-state index in [9.17, 15) is 4.79 Å². The van der Waals surface area contributed by atoms with Gasteiger partial charge >= 0.3 is 0 Å². The van der Waals surface area contributed by atoms with E-state index in [0.717, 1.165) is 12.3 Å². The molecule has 0 N–H and O–H groups in total. The number of rotatable bonds is 6. The molecule has 0 bridgehead atoms. The highest BCUT2D eigenvalue weighted by atomic mass is 127. The predicted molar refractivity (Wildman–Crippen MR) is 64.3 cm³/mol. The second-order valence-electron chi connectivity index (χ2n) is 4.04. The summed E-state index contributed by atoms with van der Waals surface area (Å²) < 4.78 is 1.28. The van der Waals surface area contributed by atoms with Gasteiger partial charge in [-0.15, -0.1) is 0 Å². The molecule has 0 saturated heterocycles. The molecule has 0 heterocycles. The average Bonchev–Trinajstić information content (AvgIpc) is 2.08. The second kappa shape index (κ2) is 5.99. The van der Waals surface area contributed by atoms with Gasteiger partial charge in [0.1, 0.15) is 5.78 Å². The molecule has 1 saturated carbocycles. The van der Waals surface area contributed by atoms with Gasteiger partial charge in [0.25, 0.3) is 0 Å². The lowest BCUT2D eigenvalue weighted by Gasteiger charge is -2.34. The molecule has 0 aliphatic heterocycles. The summed E-state index contributed by atoms with van der Waals surface area (Å²) in [5, 5.41) is 0. The maximum Gasteiger partial charge on any atom is 0.135 e. The Morgan fingerprint density at radius 2 is 2.08 bits per heavy atom. The maximum atomic E-state index is 11.3. The fourth-order valence-electron chi connectivity index (χ4n) is 2.05. The van der Waals surface area contributed by atoms with Crippen molar-refractivity contribution in [3.63, 3.8) is 0 Å². The van der Waals surface area contributed by atoms with Gasteiger partial charge in [-0.05, 0) is 29.6 Å². The van der Waals surface area contributed by atoms with Crippen LogP contribution in [0, 0.1) is 11.8 Å². The molecule has 1 rings (SSSR count). The topological polar surface area (TPSA) is 17.1 Å². The first-order valence-electron chi connectivity index (χ1n) is 5.36. The van der Waals surface area contributed by atoms with Crippen molar-refractivity contribution in [2.75, 3.05) is 4.43 Å². The molecule has 0 aromatic heterocycles. The Hall–Kier alpha value is 0.400. The SMILES string of the molecule is CCC(=O)C1CC(CCCCI)C1. The van der Waals surface area contributed by atoms with E-state index in [0.29, 0.717) is 11.7 Å². The molecule has 13 heavy (non-hydrogen) atoms. The van der Waals surface area contributed by atoms with Crippen molar-refractivity contribution in [2.24, 2.45) is 11.8 Å². The van der Waals surface area contributed by atoms with Gasteiger partial charge in [0.2, 0.25) is 0 Å². The Labute approximate surface area is 94.8 Å². The van der Waals surface area contributed by atoms with Gasteiger partial charge in [0, 0.05) is 12.3 Å². The molecule has 1 fully saturated rings. The van der Waals surface area contributed by atoms with Crippen molar-refractivity contribution < 1.29 is 4.79 Å². The quantitative estimate of drug-likeness (QED) is 0.415. The fourth-order valence-corrected chi connectivity index (χ4v) is 2.59. The zero-order valence-electron chi connectivity index (χ0n) is 8.39. The van der Waals surface area contributed by atoms with E-state index in [2.05, 4.69) is 22.6 Å². The summed E-state index contributed by atoms with van der Waals surface area (Å²) >= 11 is 2.43. The predicted octanol–water partition coefficient (Wildman–Crippen LogP) is 3.60. The van der Waals surface area contributed by atoms with Crippen molar-refractivity contribution in [3.8, 4) is 0 Å². The van der Waals surface area contributed by atoms with Crippen molar-refractivity contribution in [1.82, 2.24) is 0 Å². The van der Waals surface area contributed by atoms with Crippen molar-refractivity contribution >= 4 is 28.4 Å². The van der Waals surface area contributed by atoms with Crippen LogP contribution in [-0.4, -0.2) is 10.2 Å². The van der Waals surface area contributed by atoms with E-state index in [4.69, 9.17) is 0 Å². The molecule has 0 atom stereocenters. The van der Waals surface area contributed by atoms with Crippen molar-refractivity contribution in [1.29, 1.82) is 0 Å². The third-order valence-corrected chi connectivity index (χ3v) is 3.80. The number of Topliss-reactive ketones (excluding diaryl/α,β-unsaturated/α-hetero) is 1. The lowest BCUT2D eigenvalue weighted by Crippen LogP contribution is -2.30. The van der Waals surface area contributed by atoms with Gasteiger partial charge in [-0.25, -0.2) is 0 Å². The Kier molecular flexibility index (Phi) is 5.29. The highest BCUT2D eigenvalue weighted by Gasteiger charge is 2.32. The molecule has 1 aliphatic carbocycles. The smallest absolute Gasteiger partial charge is 0.135 e. The third kappa shape index (κ3) is 3.56. The summed E-state index contributed by atoms with van der Waals surface area (Å²) in [7, 11) is 0. The lowest BCUT2D eigenvalue weighted by molar-refractivity contribution is -0.126. The molecule has 0 radical (unpaired) electrons. The minimum absolute atomic E-state index is 0.439. The number of unbranched alkanes of at least 4 members (excludes halogenated alkanes) is 1. The van der Waals surface area contributed by atoms with Crippen LogP contribution in [0.15, 0.2) is 0 Å². The maximum absolute atomic E-state index is 11.3. The van der Waals surface area contributed by atoms with Gasteiger partial charge in [0.15, 0.2) is 0 Å². The van der Waals surface area contributed by atoms with Crippen LogP contribution in [0.1, 0.15) is 45.4 Å². The minimum Gasteiger partial charge on any atom is -0.299 e. The highest BCUT2D eigenvalue weighted by Crippen LogP contribution is 2.38. The normalized spacial score (nSPS) is 26.9. The van der Waals surface area contributed by atoms with Crippen LogP contribution in [0.25, 0.3) is 0 Å². The third-order valence-electron chi connectivity index (χ3n) is 3.04. The number of ketones is 1. The van der Waals surface area contributed by atoms with Gasteiger partial charge in [-0.2, -0.15) is 0 Å². The largest absolute Gasteiger partial charge is 0.299 e. The molecule has 0 amide bonds. The summed E-state index contributed by atoms with van der Waals surface area (Å²) in [5.41, 5.74) is 0. The summed E-state index contributed by atoms with van der Waals surface area (Å²) in [6.07, 6.45) is 7.19. The van der Waals surface area contributed by atoms with Crippen LogP contribution in [0.5, 0.6) is 0 Å². The number of hydrogen-bond acceptors (Lipinski definition) is 1. The number of carbonyl (C=O) groups excluding carboxylic acids is 1. The van der Waals surface area contributed by atoms with Crippen LogP contribution in [0.3, 0.4) is 0 Å². The molecular weight excluding hydrogens is 275 g/mol. The molecule has 1 nitrogen and oxygen atoms in total. The molecule has 76 valence electrons. The van der Waals surface area contributed by atoms with Crippen LogP contribution in [0.4, 0.5) is 0 Å². The fraction of sp³-hybridized carbons (Fsp3) is 0.909. The van der Waals surface area contributed by atoms with E-state index in [1.807, 2.05) is 6.92 Å². The highest BCUT2D eigenvalue weighted by molar-refractivity contribution is 14.1. The van der Waals surface area contributed by atoms with E-state index < -0.39 is 0 Å². The zero-order chi connectivity index (χ0) is 9.68. The summed E-state index contributed by atoms with van der Waals surface area (Å²) in [6.45, 7) is 1.98. The number of carbonyl (C=O) groups is 1. The van der Waals surface area contributed by atoms with E-state index in [-0.39, 0.29) is 0 Å². The molecular formula is C11H19IO. The van der Waals surface area contributed by atoms with E-state index in [1.165, 1.54) is 36.5 Å². The second-order valence-corrected chi connectivity index (χ2v) is 5.12. The Bertz CT molecular complexity index is 161. The van der Waals surface area contributed by atoms with Crippen molar-refractivity contribution in [3.05, 3.63) is 0 Å². The zero-order valence-corrected chi connectivity index (χ0v) is 10.5. The van der Waals surface area contributed by atoms with Gasteiger partial charge in [-0.3, -0.25) is 4.79 Å². The number of halogens is 1. The number of hydrogen-bond donors (Lipinski definition) is 0. The first-order valence-corrected chi connectivity index (χ1v) is 6.89. The molecule has 0 aromatic carbocycles. The summed E-state index contributed by atoms with van der Waals surface area (Å²) in [5.74, 6) is 1.81. The Morgan fingerprint density at radius 1 is 1.38 bits per heavy atom. The van der Waals surface area contributed by atoms with E-state index in [1.54, 1.807) is 0 Å². The Balaban J connectivity index is 2.01. The molecule has 0 spiro atoms. The summed E-state index contributed by atoms with van der Waals surface area (Å²) in [6, 6.07) is 0. The molecule has 1 aliphatic rings. The molecule has 0 aromatic rings. The lowest BCUT2D eigenvalue weighted by atomic mass is 9.70. The number of alkyl halides is 1. The average molecular weight is 294 g/mol. The monoisotopic (exact) mass is 294 g/mol. The van der Waals surface area contributed by atoms with E-state index >= 15 is 0 Å². The standard InChI is InChI=1S/C11H19IO/c1-2-11(13)10-7-9(8-10)5-3-4-6-12/h9-10H,2-8H2,1H3. The first kappa shape index (κ1) is 11.5. The van der Waals surface area contributed by atoms with Crippen LogP contribution in [-0.2, 0) is 4.79 Å². The van der Waals surface area contributed by atoms with Gasteiger partial charge < -0.3 is 0 Å². The van der Waals surface area contributed by atoms with Gasteiger partial charge in [-0.1, -0.05) is 42.4 Å².